The molecule has 0 bridgehead atoms. The van der Waals surface area contributed by atoms with Gasteiger partial charge in [0.2, 0.25) is 0 Å². The predicted molar refractivity (Wildman–Crippen MR) is 162 cm³/mol. The maximum atomic E-state index is 12.3. The number of benzene rings is 4. The molecule has 0 spiro atoms. The maximum Gasteiger partial charge on any atom is 0.346 e. The van der Waals surface area contributed by atoms with Crippen LogP contribution in [0.3, 0.4) is 0 Å². The van der Waals surface area contributed by atoms with Crippen molar-refractivity contribution in [3.8, 4) is 11.5 Å². The number of hydrogen-bond donors (Lipinski definition) is 1. The Labute approximate surface area is 254 Å². The lowest BCUT2D eigenvalue weighted by atomic mass is 9.98. The Morgan fingerprint density at radius 1 is 0.683 bits per heavy atom. The standard InChI is InChI=1S/C15H12O4.C8H3BrO3.C7H8O.CH3Br/c1-19-11-8-6-10(7-9-11)14(16)12-4-2-3-5-13(12)15(17)18;9-4-1-2-5-6(3-4)8(11)12-7(5)10;1-8-7-5-3-2-4-6-7;1-2/h2-9H,1H3,(H,17,18);1-3H;2-6H,1H3;1H3. The molecule has 41 heavy (non-hydrogen) atoms. The van der Waals surface area contributed by atoms with Crippen molar-refractivity contribution in [2.45, 2.75) is 0 Å². The first-order chi connectivity index (χ1) is 19.7. The Bertz CT molecular complexity index is 1490. The van der Waals surface area contributed by atoms with Crippen LogP contribution in [0.2, 0.25) is 0 Å². The van der Waals surface area contributed by atoms with Gasteiger partial charge in [0.15, 0.2) is 5.78 Å². The Morgan fingerprint density at radius 3 is 1.73 bits per heavy atom. The molecule has 0 saturated carbocycles. The van der Waals surface area contributed by atoms with E-state index in [1.165, 1.54) is 19.2 Å². The summed E-state index contributed by atoms with van der Waals surface area (Å²) in [4.78, 5) is 45.2. The van der Waals surface area contributed by atoms with Crippen LogP contribution >= 0.6 is 31.9 Å². The second-order valence-electron chi connectivity index (χ2n) is 7.79. The number of fused-ring (bicyclic) bond motifs is 1. The number of para-hydroxylation sites is 1. The summed E-state index contributed by atoms with van der Waals surface area (Å²) in [7, 11) is 3.20. The molecular formula is C31H26Br2O8. The molecular weight excluding hydrogens is 660 g/mol. The Hall–Kier alpha value is -4.28. The van der Waals surface area contributed by atoms with Gasteiger partial charge in [-0.25, -0.2) is 14.4 Å². The molecule has 212 valence electrons. The van der Waals surface area contributed by atoms with Crippen LogP contribution in [0.1, 0.15) is 47.0 Å². The number of aromatic carboxylic acids is 1. The second kappa shape index (κ2) is 16.7. The number of cyclic esters (lactones) is 2. The highest BCUT2D eigenvalue weighted by Gasteiger charge is 2.29. The summed E-state index contributed by atoms with van der Waals surface area (Å²) in [5.74, 6) is 0.792. The number of esters is 2. The number of ketones is 1. The molecule has 10 heteroatoms. The van der Waals surface area contributed by atoms with Crippen LogP contribution in [0.15, 0.2) is 102 Å². The van der Waals surface area contributed by atoms with Gasteiger partial charge in [-0.15, -0.1) is 0 Å². The van der Waals surface area contributed by atoms with E-state index in [1.54, 1.807) is 61.7 Å². The first-order valence-electron chi connectivity index (χ1n) is 11.8. The number of hydrogen-bond acceptors (Lipinski definition) is 7. The van der Waals surface area contributed by atoms with Crippen molar-refractivity contribution < 1.29 is 38.5 Å². The molecule has 1 N–H and O–H groups in total. The third-order valence-electron chi connectivity index (χ3n) is 5.34. The number of carboxylic acids is 1. The number of carbonyl (C=O) groups excluding carboxylic acids is 3. The SMILES string of the molecule is CBr.COc1ccc(C(=O)c2ccccc2C(=O)O)cc1.COc1ccccc1.O=C1OC(=O)c2cc(Br)ccc21. The summed E-state index contributed by atoms with van der Waals surface area (Å²) in [5.41, 5.74) is 1.27. The minimum Gasteiger partial charge on any atom is -0.497 e. The zero-order valence-corrected chi connectivity index (χ0v) is 25.5. The number of halogens is 2. The van der Waals surface area contributed by atoms with E-state index < -0.39 is 17.9 Å². The van der Waals surface area contributed by atoms with Crippen LogP contribution in [0.4, 0.5) is 0 Å². The first kappa shape index (κ1) is 32.9. The smallest absolute Gasteiger partial charge is 0.346 e. The topological polar surface area (TPSA) is 116 Å². The maximum absolute atomic E-state index is 12.3. The molecule has 8 nitrogen and oxygen atoms in total. The van der Waals surface area contributed by atoms with Crippen LogP contribution in [-0.4, -0.2) is 48.9 Å². The molecule has 4 aromatic carbocycles. The average molecular weight is 686 g/mol. The van der Waals surface area contributed by atoms with Gasteiger partial charge < -0.3 is 19.3 Å². The van der Waals surface area contributed by atoms with Gasteiger partial charge in [-0.2, -0.15) is 0 Å². The van der Waals surface area contributed by atoms with Gasteiger partial charge in [-0.1, -0.05) is 68.3 Å². The minimum atomic E-state index is -1.11. The number of alkyl halides is 1. The fourth-order valence-electron chi connectivity index (χ4n) is 3.38. The molecule has 0 saturated heterocycles. The van der Waals surface area contributed by atoms with Gasteiger partial charge in [0.25, 0.3) is 0 Å². The summed E-state index contributed by atoms with van der Waals surface area (Å²) in [6, 6.07) is 27.2. The van der Waals surface area contributed by atoms with Crippen LogP contribution in [0.25, 0.3) is 0 Å². The van der Waals surface area contributed by atoms with Crippen molar-refractivity contribution >= 4 is 55.6 Å². The zero-order chi connectivity index (χ0) is 30.4. The molecule has 0 atom stereocenters. The number of rotatable bonds is 5. The van der Waals surface area contributed by atoms with Crippen molar-refractivity contribution in [1.29, 1.82) is 0 Å². The highest BCUT2D eigenvalue weighted by molar-refractivity contribution is 9.10. The van der Waals surface area contributed by atoms with Crippen molar-refractivity contribution in [3.05, 3.63) is 129 Å². The van der Waals surface area contributed by atoms with E-state index in [2.05, 4.69) is 36.6 Å². The molecule has 0 fully saturated rings. The Balaban J connectivity index is 0.000000228. The summed E-state index contributed by atoms with van der Waals surface area (Å²) in [5, 5.41) is 9.07. The lowest BCUT2D eigenvalue weighted by Gasteiger charge is -2.06. The van der Waals surface area contributed by atoms with E-state index in [1.807, 2.05) is 36.2 Å². The first-order valence-corrected chi connectivity index (χ1v) is 14.2. The number of methoxy groups -OCH3 is 2. The van der Waals surface area contributed by atoms with Gasteiger partial charge in [-0.3, -0.25) is 4.79 Å². The van der Waals surface area contributed by atoms with Crippen molar-refractivity contribution in [3.63, 3.8) is 0 Å². The molecule has 5 rings (SSSR count). The molecule has 4 aromatic rings. The molecule has 1 heterocycles. The van der Waals surface area contributed by atoms with E-state index in [0.717, 1.165) is 10.2 Å². The third kappa shape index (κ3) is 9.40. The molecule has 0 aromatic heterocycles. The lowest BCUT2D eigenvalue weighted by Crippen LogP contribution is -2.09. The predicted octanol–water partition coefficient (Wildman–Crippen LogP) is 7.09. The second-order valence-corrected chi connectivity index (χ2v) is 8.71. The van der Waals surface area contributed by atoms with E-state index >= 15 is 0 Å². The van der Waals surface area contributed by atoms with Crippen molar-refractivity contribution in [2.24, 2.45) is 0 Å². The molecule has 0 aliphatic carbocycles. The molecule has 0 unspecified atom stereocenters. The molecule has 0 amide bonds. The van der Waals surface area contributed by atoms with Crippen LogP contribution < -0.4 is 9.47 Å². The van der Waals surface area contributed by atoms with Gasteiger partial charge in [0.1, 0.15) is 11.5 Å². The minimum absolute atomic E-state index is 0.00307. The summed E-state index contributed by atoms with van der Waals surface area (Å²) < 4.78 is 15.1. The third-order valence-corrected chi connectivity index (χ3v) is 5.83. The van der Waals surface area contributed by atoms with Crippen LogP contribution in [0.5, 0.6) is 11.5 Å². The fraction of sp³-hybridized carbons (Fsp3) is 0.0968. The van der Waals surface area contributed by atoms with E-state index in [-0.39, 0.29) is 16.9 Å². The normalized spacial score (nSPS) is 10.7. The summed E-state index contributed by atoms with van der Waals surface area (Å²) in [6.45, 7) is 0. The van der Waals surface area contributed by atoms with Crippen LogP contribution in [0, 0.1) is 0 Å². The highest BCUT2D eigenvalue weighted by atomic mass is 79.9. The highest BCUT2D eigenvalue weighted by Crippen LogP contribution is 2.23. The molecule has 0 radical (unpaired) electrons. The lowest BCUT2D eigenvalue weighted by molar-refractivity contribution is 0.0443. The zero-order valence-electron chi connectivity index (χ0n) is 22.3. The fourth-order valence-corrected chi connectivity index (χ4v) is 3.74. The van der Waals surface area contributed by atoms with Gasteiger partial charge in [0.05, 0.1) is 30.9 Å². The van der Waals surface area contributed by atoms with Gasteiger partial charge in [-0.05, 0) is 66.5 Å². The Morgan fingerprint density at radius 2 is 1.20 bits per heavy atom. The van der Waals surface area contributed by atoms with E-state index in [0.29, 0.717) is 22.4 Å². The largest absolute Gasteiger partial charge is 0.497 e. The Kier molecular flexibility index (Phi) is 13.4. The summed E-state index contributed by atoms with van der Waals surface area (Å²) in [6.07, 6.45) is 0. The number of carbonyl (C=O) groups is 4. The van der Waals surface area contributed by atoms with E-state index in [9.17, 15) is 19.2 Å². The van der Waals surface area contributed by atoms with Gasteiger partial charge in [0, 0.05) is 15.6 Å². The number of carboxylic acid groups (broad SMARTS) is 1. The number of ether oxygens (including phenoxy) is 3. The summed E-state index contributed by atoms with van der Waals surface area (Å²) >= 11 is 6.13. The van der Waals surface area contributed by atoms with Crippen LogP contribution in [-0.2, 0) is 4.74 Å². The molecule has 1 aliphatic rings. The molecule has 1 aliphatic heterocycles. The van der Waals surface area contributed by atoms with Crippen molar-refractivity contribution in [2.75, 3.05) is 20.1 Å². The van der Waals surface area contributed by atoms with Gasteiger partial charge >= 0.3 is 17.9 Å². The van der Waals surface area contributed by atoms with Crippen molar-refractivity contribution in [1.82, 2.24) is 0 Å². The monoisotopic (exact) mass is 684 g/mol. The quantitative estimate of drug-likeness (QED) is 0.102. The van der Waals surface area contributed by atoms with E-state index in [4.69, 9.17) is 14.6 Å². The average Bonchev–Trinajstić information content (AvgIpc) is 3.30.